The molecule has 2 aromatic heterocycles. The van der Waals surface area contributed by atoms with Crippen molar-refractivity contribution in [3.8, 4) is 17.1 Å². The Labute approximate surface area is 171 Å². The number of fused-ring (bicyclic) bond motifs is 1. The number of methoxy groups -OCH3 is 1. The Morgan fingerprint density at radius 3 is 2.79 bits per heavy atom. The van der Waals surface area contributed by atoms with Crippen molar-refractivity contribution >= 4 is 10.9 Å². The Morgan fingerprint density at radius 2 is 2.03 bits per heavy atom. The number of hydrogen-bond acceptors (Lipinski definition) is 4. The molecule has 1 fully saturated rings. The summed E-state index contributed by atoms with van der Waals surface area (Å²) in [5.74, 6) is 2.25. The molecule has 0 atom stereocenters. The van der Waals surface area contributed by atoms with Crippen molar-refractivity contribution in [1.82, 2.24) is 19.4 Å². The number of nitrogens with zero attached hydrogens (tertiary/aromatic N) is 3. The summed E-state index contributed by atoms with van der Waals surface area (Å²) in [5, 5.41) is 0.941. The number of aryl methyl sites for hydroxylation is 1. The van der Waals surface area contributed by atoms with Gasteiger partial charge in [-0.05, 0) is 75.5 Å². The maximum Gasteiger partial charge on any atom is 0.259 e. The monoisotopic (exact) mass is 394 g/mol. The van der Waals surface area contributed by atoms with E-state index >= 15 is 0 Å². The van der Waals surface area contributed by atoms with Gasteiger partial charge < -0.3 is 19.2 Å². The van der Waals surface area contributed by atoms with Crippen molar-refractivity contribution in [2.24, 2.45) is 5.92 Å². The first kappa shape index (κ1) is 19.7. The number of likely N-dealkylation sites (tertiary alicyclic amines) is 1. The van der Waals surface area contributed by atoms with Crippen LogP contribution in [0.5, 0.6) is 5.75 Å². The average molecular weight is 395 g/mol. The predicted octanol–water partition coefficient (Wildman–Crippen LogP) is 3.91. The number of nitrogens with one attached hydrogen (secondary N) is 1. The van der Waals surface area contributed by atoms with Gasteiger partial charge >= 0.3 is 0 Å². The fourth-order valence-electron chi connectivity index (χ4n) is 4.35. The van der Waals surface area contributed by atoms with E-state index in [1.54, 1.807) is 13.3 Å². The van der Waals surface area contributed by atoms with Crippen LogP contribution in [0.15, 0.2) is 41.5 Å². The molecule has 0 unspecified atom stereocenters. The quantitative estimate of drug-likeness (QED) is 0.660. The molecule has 4 rings (SSSR count). The fraction of sp³-hybridized carbons (Fsp3) is 0.478. The van der Waals surface area contributed by atoms with E-state index in [1.807, 2.05) is 30.5 Å². The van der Waals surface area contributed by atoms with E-state index in [0.717, 1.165) is 41.4 Å². The number of H-pyrrole nitrogens is 1. The van der Waals surface area contributed by atoms with E-state index in [0.29, 0.717) is 5.56 Å². The van der Waals surface area contributed by atoms with Crippen LogP contribution in [0.3, 0.4) is 0 Å². The van der Waals surface area contributed by atoms with Crippen LogP contribution in [0, 0.1) is 5.92 Å². The van der Waals surface area contributed by atoms with Gasteiger partial charge in [0.15, 0.2) is 0 Å². The number of piperidine rings is 1. The van der Waals surface area contributed by atoms with Crippen LogP contribution in [-0.4, -0.2) is 46.2 Å². The van der Waals surface area contributed by atoms with Gasteiger partial charge in [0.2, 0.25) is 0 Å². The third-order valence-electron chi connectivity index (χ3n) is 6.03. The average Bonchev–Trinajstić information content (AvgIpc) is 3.21. The van der Waals surface area contributed by atoms with Gasteiger partial charge in [0.1, 0.15) is 11.6 Å². The number of hydrogen-bond donors (Lipinski definition) is 1. The fourth-order valence-corrected chi connectivity index (χ4v) is 4.35. The number of rotatable bonds is 7. The van der Waals surface area contributed by atoms with Crippen molar-refractivity contribution in [3.63, 3.8) is 0 Å². The van der Waals surface area contributed by atoms with E-state index in [-0.39, 0.29) is 5.56 Å². The second-order valence-corrected chi connectivity index (χ2v) is 7.98. The van der Waals surface area contributed by atoms with Crippen LogP contribution in [0.25, 0.3) is 22.3 Å². The normalized spacial score (nSPS) is 15.8. The second kappa shape index (κ2) is 8.82. The molecule has 0 spiro atoms. The zero-order valence-corrected chi connectivity index (χ0v) is 17.4. The largest absolute Gasteiger partial charge is 0.497 e. The number of benzene rings is 1. The van der Waals surface area contributed by atoms with Crippen LogP contribution in [0.2, 0.25) is 0 Å². The molecule has 1 N–H and O–H groups in total. The number of aromatic nitrogens is 3. The van der Waals surface area contributed by atoms with E-state index in [9.17, 15) is 4.79 Å². The molecule has 0 aliphatic carbocycles. The molecule has 6 nitrogen and oxygen atoms in total. The van der Waals surface area contributed by atoms with Crippen LogP contribution >= 0.6 is 0 Å². The number of imidazole rings is 1. The Morgan fingerprint density at radius 1 is 1.21 bits per heavy atom. The first-order chi connectivity index (χ1) is 14.2. The second-order valence-electron chi connectivity index (χ2n) is 7.98. The molecule has 3 heterocycles. The zero-order chi connectivity index (χ0) is 20.2. The van der Waals surface area contributed by atoms with Gasteiger partial charge in [-0.3, -0.25) is 4.79 Å². The summed E-state index contributed by atoms with van der Waals surface area (Å²) in [6, 6.07) is 7.58. The van der Waals surface area contributed by atoms with E-state index in [2.05, 4.69) is 26.4 Å². The van der Waals surface area contributed by atoms with Gasteiger partial charge in [0, 0.05) is 29.8 Å². The molecule has 0 amide bonds. The zero-order valence-electron chi connectivity index (χ0n) is 17.4. The maximum atomic E-state index is 12.7. The summed E-state index contributed by atoms with van der Waals surface area (Å²) in [6.07, 6.45) is 8.66. The molecular formula is C23H30N4O2. The van der Waals surface area contributed by atoms with Crippen molar-refractivity contribution in [3.05, 3.63) is 47.0 Å². The predicted molar refractivity (Wildman–Crippen MR) is 116 cm³/mol. The molecule has 6 heteroatoms. The Kier molecular flexibility index (Phi) is 6.00. The highest BCUT2D eigenvalue weighted by Gasteiger charge is 2.19. The van der Waals surface area contributed by atoms with Crippen molar-refractivity contribution < 1.29 is 4.74 Å². The summed E-state index contributed by atoms with van der Waals surface area (Å²) < 4.78 is 7.44. The van der Waals surface area contributed by atoms with Crippen LogP contribution in [0.1, 0.15) is 32.6 Å². The van der Waals surface area contributed by atoms with Gasteiger partial charge in [-0.1, -0.05) is 6.92 Å². The minimum Gasteiger partial charge on any atom is -0.497 e. The van der Waals surface area contributed by atoms with Gasteiger partial charge in [0.25, 0.3) is 5.56 Å². The number of ether oxygens (including phenoxy) is 1. The van der Waals surface area contributed by atoms with Gasteiger partial charge in [-0.25, -0.2) is 4.98 Å². The molecule has 154 valence electrons. The van der Waals surface area contributed by atoms with Gasteiger partial charge in [-0.15, -0.1) is 0 Å². The minimum atomic E-state index is -0.108. The van der Waals surface area contributed by atoms with Crippen LogP contribution in [-0.2, 0) is 6.54 Å². The number of pyridine rings is 1. The van der Waals surface area contributed by atoms with E-state index in [1.165, 1.54) is 38.9 Å². The summed E-state index contributed by atoms with van der Waals surface area (Å²) >= 11 is 0. The highest BCUT2D eigenvalue weighted by Crippen LogP contribution is 2.25. The third kappa shape index (κ3) is 4.37. The van der Waals surface area contributed by atoms with Gasteiger partial charge in [0.05, 0.1) is 12.7 Å². The molecule has 0 saturated carbocycles. The van der Waals surface area contributed by atoms with Crippen molar-refractivity contribution in [1.29, 1.82) is 0 Å². The highest BCUT2D eigenvalue weighted by molar-refractivity contribution is 5.83. The molecule has 3 aromatic rings. The van der Waals surface area contributed by atoms with Crippen molar-refractivity contribution in [2.45, 2.75) is 39.2 Å². The Hall–Kier alpha value is -2.60. The molecule has 0 radical (unpaired) electrons. The lowest BCUT2D eigenvalue weighted by atomic mass is 9.93. The topological polar surface area (TPSA) is 63.1 Å². The standard InChI is InChI=1S/C23H30N4O2/c1-3-10-26-11-6-17(7-12-26)8-13-27-14-9-24-22(27)20-16-18-15-19(29-2)4-5-21(18)25-23(20)28/h4-5,9,14-17H,3,6-8,10-13H2,1-2H3,(H,25,28). The Bertz CT molecular complexity index is 1020. The van der Waals surface area contributed by atoms with Crippen molar-refractivity contribution in [2.75, 3.05) is 26.7 Å². The molecule has 1 aliphatic rings. The first-order valence-corrected chi connectivity index (χ1v) is 10.6. The summed E-state index contributed by atoms with van der Waals surface area (Å²) in [6.45, 7) is 6.78. The molecule has 29 heavy (non-hydrogen) atoms. The highest BCUT2D eigenvalue weighted by atomic mass is 16.5. The molecule has 1 aliphatic heterocycles. The third-order valence-corrected chi connectivity index (χ3v) is 6.03. The summed E-state index contributed by atoms with van der Waals surface area (Å²) in [4.78, 5) is 22.7. The lowest BCUT2D eigenvalue weighted by Gasteiger charge is -2.31. The Balaban J connectivity index is 1.50. The maximum absolute atomic E-state index is 12.7. The lowest BCUT2D eigenvalue weighted by molar-refractivity contribution is 0.176. The van der Waals surface area contributed by atoms with E-state index in [4.69, 9.17) is 4.74 Å². The molecule has 0 bridgehead atoms. The molecule has 1 saturated heterocycles. The summed E-state index contributed by atoms with van der Waals surface area (Å²) in [7, 11) is 1.65. The van der Waals surface area contributed by atoms with Gasteiger partial charge in [-0.2, -0.15) is 0 Å². The minimum absolute atomic E-state index is 0.108. The van der Waals surface area contributed by atoms with Crippen LogP contribution in [0.4, 0.5) is 0 Å². The first-order valence-electron chi connectivity index (χ1n) is 10.6. The molecule has 1 aromatic carbocycles. The lowest BCUT2D eigenvalue weighted by Crippen LogP contribution is -2.34. The molecular weight excluding hydrogens is 364 g/mol. The SMILES string of the molecule is CCCN1CCC(CCn2ccnc2-c2cc3cc(OC)ccc3[nH]c2=O)CC1. The number of aromatic amines is 1. The van der Waals surface area contributed by atoms with Crippen LogP contribution < -0.4 is 10.3 Å². The summed E-state index contributed by atoms with van der Waals surface area (Å²) in [5.41, 5.74) is 1.30. The van der Waals surface area contributed by atoms with E-state index < -0.39 is 0 Å². The smallest absolute Gasteiger partial charge is 0.259 e.